The van der Waals surface area contributed by atoms with E-state index in [-0.39, 0.29) is 5.56 Å². The number of methoxy groups -OCH3 is 1. The average Bonchev–Trinajstić information content (AvgIpc) is 2.91. The van der Waals surface area contributed by atoms with Crippen molar-refractivity contribution < 1.29 is 18.3 Å². The second-order valence-electron chi connectivity index (χ2n) is 3.93. The summed E-state index contributed by atoms with van der Waals surface area (Å²) in [5, 5.41) is 2.64. The van der Waals surface area contributed by atoms with Crippen molar-refractivity contribution in [3.8, 4) is 5.75 Å². The monoisotopic (exact) mass is 263 g/mol. The molecule has 1 aromatic carbocycles. The standard InChI is InChI=1S/C14H14FNO3/c1-18-11-4-5-12(13(15)9-11)14(17)16-7-6-10-3-2-8-19-10/h2-5,8-9H,6-7H2,1H3,(H,16,17). The summed E-state index contributed by atoms with van der Waals surface area (Å²) in [6.07, 6.45) is 2.14. The number of amides is 1. The topological polar surface area (TPSA) is 51.5 Å². The van der Waals surface area contributed by atoms with E-state index in [1.807, 2.05) is 6.07 Å². The first-order valence-corrected chi connectivity index (χ1v) is 5.85. The summed E-state index contributed by atoms with van der Waals surface area (Å²) in [5.41, 5.74) is 0.000227. The molecular weight excluding hydrogens is 249 g/mol. The van der Waals surface area contributed by atoms with E-state index in [1.54, 1.807) is 18.4 Å². The number of hydrogen-bond acceptors (Lipinski definition) is 3. The van der Waals surface area contributed by atoms with E-state index >= 15 is 0 Å². The van der Waals surface area contributed by atoms with Crippen molar-refractivity contribution in [1.82, 2.24) is 5.32 Å². The molecule has 4 nitrogen and oxygen atoms in total. The highest BCUT2D eigenvalue weighted by molar-refractivity contribution is 5.94. The minimum absolute atomic E-state index is 0.000227. The van der Waals surface area contributed by atoms with Gasteiger partial charge in [0.15, 0.2) is 0 Å². The lowest BCUT2D eigenvalue weighted by Crippen LogP contribution is -2.26. The van der Waals surface area contributed by atoms with Gasteiger partial charge in [0.2, 0.25) is 0 Å². The molecule has 0 aliphatic carbocycles. The minimum Gasteiger partial charge on any atom is -0.497 e. The van der Waals surface area contributed by atoms with Gasteiger partial charge in [-0.25, -0.2) is 4.39 Å². The Hall–Kier alpha value is -2.30. The van der Waals surface area contributed by atoms with Gasteiger partial charge in [0.05, 0.1) is 18.9 Å². The van der Waals surface area contributed by atoms with E-state index in [1.165, 1.54) is 19.2 Å². The van der Waals surface area contributed by atoms with Crippen molar-refractivity contribution in [2.75, 3.05) is 13.7 Å². The first-order valence-electron chi connectivity index (χ1n) is 5.85. The number of rotatable bonds is 5. The number of benzene rings is 1. The van der Waals surface area contributed by atoms with E-state index in [9.17, 15) is 9.18 Å². The molecule has 0 radical (unpaired) electrons. The van der Waals surface area contributed by atoms with Crippen LogP contribution in [0.4, 0.5) is 4.39 Å². The van der Waals surface area contributed by atoms with Crippen LogP contribution in [0.2, 0.25) is 0 Å². The zero-order valence-electron chi connectivity index (χ0n) is 10.5. The fourth-order valence-corrected chi connectivity index (χ4v) is 1.66. The smallest absolute Gasteiger partial charge is 0.254 e. The zero-order chi connectivity index (χ0) is 13.7. The van der Waals surface area contributed by atoms with Gasteiger partial charge in [-0.1, -0.05) is 0 Å². The summed E-state index contributed by atoms with van der Waals surface area (Å²) in [4.78, 5) is 11.8. The molecule has 0 saturated carbocycles. The van der Waals surface area contributed by atoms with Crippen molar-refractivity contribution in [2.24, 2.45) is 0 Å². The van der Waals surface area contributed by atoms with Crippen LogP contribution in [0.3, 0.4) is 0 Å². The molecule has 0 aliphatic rings. The maximum atomic E-state index is 13.6. The Bertz CT molecular complexity index is 552. The predicted molar refractivity (Wildman–Crippen MR) is 67.7 cm³/mol. The summed E-state index contributed by atoms with van der Waals surface area (Å²) in [6.45, 7) is 0.387. The third-order valence-electron chi connectivity index (χ3n) is 2.66. The Morgan fingerprint density at radius 1 is 1.42 bits per heavy atom. The summed E-state index contributed by atoms with van der Waals surface area (Å²) in [5.74, 6) is 0.0988. The summed E-state index contributed by atoms with van der Waals surface area (Å²) in [6, 6.07) is 7.72. The molecule has 0 bridgehead atoms. The van der Waals surface area contributed by atoms with Crippen LogP contribution in [0, 0.1) is 5.82 Å². The van der Waals surface area contributed by atoms with Crippen molar-refractivity contribution in [1.29, 1.82) is 0 Å². The third kappa shape index (κ3) is 3.34. The molecule has 1 heterocycles. The highest BCUT2D eigenvalue weighted by Gasteiger charge is 2.12. The van der Waals surface area contributed by atoms with Gasteiger partial charge in [0.1, 0.15) is 17.3 Å². The number of carbonyl (C=O) groups is 1. The normalized spacial score (nSPS) is 10.2. The van der Waals surface area contributed by atoms with E-state index in [4.69, 9.17) is 9.15 Å². The number of hydrogen-bond donors (Lipinski definition) is 1. The largest absolute Gasteiger partial charge is 0.497 e. The molecule has 0 spiro atoms. The van der Waals surface area contributed by atoms with Crippen LogP contribution in [-0.2, 0) is 6.42 Å². The van der Waals surface area contributed by atoms with Crippen molar-refractivity contribution in [3.05, 3.63) is 53.7 Å². The Labute approximate surface area is 110 Å². The molecule has 5 heteroatoms. The molecule has 1 amide bonds. The van der Waals surface area contributed by atoms with Gasteiger partial charge in [0.25, 0.3) is 5.91 Å². The summed E-state index contributed by atoms with van der Waals surface area (Å²) >= 11 is 0. The summed E-state index contributed by atoms with van der Waals surface area (Å²) < 4.78 is 23.6. The van der Waals surface area contributed by atoms with Gasteiger partial charge in [0, 0.05) is 19.0 Å². The maximum absolute atomic E-state index is 13.6. The first-order chi connectivity index (χ1) is 9.20. The molecule has 2 rings (SSSR count). The highest BCUT2D eigenvalue weighted by Crippen LogP contribution is 2.16. The fourth-order valence-electron chi connectivity index (χ4n) is 1.66. The van der Waals surface area contributed by atoms with Crippen LogP contribution in [0.1, 0.15) is 16.1 Å². The van der Waals surface area contributed by atoms with Crippen LogP contribution in [0.5, 0.6) is 5.75 Å². The fraction of sp³-hybridized carbons (Fsp3) is 0.214. The SMILES string of the molecule is COc1ccc(C(=O)NCCc2ccco2)c(F)c1. The second kappa shape index (κ2) is 6.04. The van der Waals surface area contributed by atoms with Crippen molar-refractivity contribution in [3.63, 3.8) is 0 Å². The van der Waals surface area contributed by atoms with Crippen LogP contribution >= 0.6 is 0 Å². The van der Waals surface area contributed by atoms with E-state index < -0.39 is 11.7 Å². The van der Waals surface area contributed by atoms with Crippen LogP contribution in [-0.4, -0.2) is 19.6 Å². The van der Waals surface area contributed by atoms with Gasteiger partial charge in [-0.2, -0.15) is 0 Å². The molecule has 0 aliphatic heterocycles. The van der Waals surface area contributed by atoms with E-state index in [0.717, 1.165) is 5.76 Å². The van der Waals surface area contributed by atoms with Gasteiger partial charge in [-0.15, -0.1) is 0 Å². The number of nitrogens with one attached hydrogen (secondary N) is 1. The Morgan fingerprint density at radius 3 is 2.89 bits per heavy atom. The van der Waals surface area contributed by atoms with Gasteiger partial charge >= 0.3 is 0 Å². The van der Waals surface area contributed by atoms with Crippen molar-refractivity contribution in [2.45, 2.75) is 6.42 Å². The molecule has 0 unspecified atom stereocenters. The molecule has 0 saturated heterocycles. The zero-order valence-corrected chi connectivity index (χ0v) is 10.5. The number of carbonyl (C=O) groups excluding carboxylic acids is 1. The molecule has 0 atom stereocenters. The lowest BCUT2D eigenvalue weighted by atomic mass is 10.2. The lowest BCUT2D eigenvalue weighted by molar-refractivity contribution is 0.0949. The third-order valence-corrected chi connectivity index (χ3v) is 2.66. The first kappa shape index (κ1) is 13.1. The van der Waals surface area contributed by atoms with Gasteiger partial charge in [-0.3, -0.25) is 4.79 Å². The molecule has 1 aromatic heterocycles. The summed E-state index contributed by atoms with van der Waals surface area (Å²) in [7, 11) is 1.44. The number of ether oxygens (including phenoxy) is 1. The molecule has 0 fully saturated rings. The average molecular weight is 263 g/mol. The molecule has 19 heavy (non-hydrogen) atoms. The maximum Gasteiger partial charge on any atom is 0.254 e. The Balaban J connectivity index is 1.92. The van der Waals surface area contributed by atoms with Crippen LogP contribution < -0.4 is 10.1 Å². The lowest BCUT2D eigenvalue weighted by Gasteiger charge is -2.06. The number of furan rings is 1. The quantitative estimate of drug-likeness (QED) is 0.901. The van der Waals surface area contributed by atoms with E-state index in [0.29, 0.717) is 18.7 Å². The second-order valence-corrected chi connectivity index (χ2v) is 3.93. The van der Waals surface area contributed by atoms with E-state index in [2.05, 4.69) is 5.32 Å². The predicted octanol–water partition coefficient (Wildman–Crippen LogP) is 2.40. The van der Waals surface area contributed by atoms with Gasteiger partial charge in [-0.05, 0) is 24.3 Å². The highest BCUT2D eigenvalue weighted by atomic mass is 19.1. The van der Waals surface area contributed by atoms with Gasteiger partial charge < -0.3 is 14.5 Å². The molecule has 1 N–H and O–H groups in total. The Kier molecular flexibility index (Phi) is 4.18. The number of halogens is 1. The molecule has 100 valence electrons. The molecular formula is C14H14FNO3. The van der Waals surface area contributed by atoms with Crippen LogP contribution in [0.15, 0.2) is 41.0 Å². The minimum atomic E-state index is -0.602. The Morgan fingerprint density at radius 2 is 2.26 bits per heavy atom. The molecule has 2 aromatic rings. The van der Waals surface area contributed by atoms with Crippen LogP contribution in [0.25, 0.3) is 0 Å². The van der Waals surface area contributed by atoms with Crippen molar-refractivity contribution >= 4 is 5.91 Å².